The number of rotatable bonds is 8. The minimum atomic E-state index is 0.561. The van der Waals surface area contributed by atoms with Crippen LogP contribution in [0.1, 0.15) is 30.5 Å². The Labute approximate surface area is 167 Å². The van der Waals surface area contributed by atoms with Crippen molar-refractivity contribution in [3.63, 3.8) is 0 Å². The zero-order valence-corrected chi connectivity index (χ0v) is 16.6. The summed E-state index contributed by atoms with van der Waals surface area (Å²) >= 11 is 1.57. The van der Waals surface area contributed by atoms with Gasteiger partial charge in [-0.25, -0.2) is 4.68 Å². The van der Waals surface area contributed by atoms with Crippen molar-refractivity contribution in [1.29, 1.82) is 0 Å². The molecule has 0 amide bonds. The summed E-state index contributed by atoms with van der Waals surface area (Å²) in [6, 6.07) is 12.0. The predicted molar refractivity (Wildman–Crippen MR) is 106 cm³/mol. The van der Waals surface area contributed by atoms with E-state index in [4.69, 9.17) is 4.42 Å². The lowest BCUT2D eigenvalue weighted by molar-refractivity contribution is 0.485. The molecule has 0 aliphatic heterocycles. The second-order valence-corrected chi connectivity index (χ2v) is 7.34. The quantitative estimate of drug-likeness (QED) is 0.421. The van der Waals surface area contributed by atoms with Crippen molar-refractivity contribution in [3.8, 4) is 11.4 Å². The highest BCUT2D eigenvalue weighted by Crippen LogP contribution is 2.28. The Balaban J connectivity index is 1.65. The molecule has 0 saturated heterocycles. The van der Waals surface area contributed by atoms with Crippen LogP contribution >= 0.6 is 11.8 Å². The maximum atomic E-state index is 5.56. The Morgan fingerprint density at radius 3 is 2.75 bits per heavy atom. The molecular weight excluding hydrogens is 374 g/mol. The summed E-state index contributed by atoms with van der Waals surface area (Å²) in [7, 11) is 0. The molecular formula is C19H21N7OS. The van der Waals surface area contributed by atoms with E-state index in [-0.39, 0.29) is 0 Å². The summed E-state index contributed by atoms with van der Waals surface area (Å²) in [5.41, 5.74) is 2.21. The molecule has 4 rings (SSSR count). The molecule has 0 N–H and O–H groups in total. The first-order valence-corrected chi connectivity index (χ1v) is 10.1. The van der Waals surface area contributed by atoms with Crippen LogP contribution in [0.4, 0.5) is 0 Å². The molecule has 9 heteroatoms. The van der Waals surface area contributed by atoms with Gasteiger partial charge in [-0.2, -0.15) is 0 Å². The van der Waals surface area contributed by atoms with E-state index in [1.54, 1.807) is 18.0 Å². The summed E-state index contributed by atoms with van der Waals surface area (Å²) in [5, 5.41) is 21.7. The molecule has 0 aliphatic rings. The zero-order chi connectivity index (χ0) is 19.3. The highest BCUT2D eigenvalue weighted by atomic mass is 32.2. The maximum Gasteiger partial charge on any atom is 0.192 e. The Kier molecular flexibility index (Phi) is 5.52. The third kappa shape index (κ3) is 3.84. The fraction of sp³-hybridized carbons (Fsp3) is 0.316. The SMILES string of the molecule is CCCn1nnnc1CSc1nnc(-c2ccccc2C)n1Cc1ccco1. The number of hydrogen-bond donors (Lipinski definition) is 0. The third-order valence-corrected chi connectivity index (χ3v) is 5.33. The molecule has 3 aromatic heterocycles. The van der Waals surface area contributed by atoms with Gasteiger partial charge in [-0.15, -0.1) is 15.3 Å². The molecule has 0 bridgehead atoms. The summed E-state index contributed by atoms with van der Waals surface area (Å²) in [6.07, 6.45) is 2.66. The number of hydrogen-bond acceptors (Lipinski definition) is 7. The van der Waals surface area contributed by atoms with E-state index in [9.17, 15) is 0 Å². The number of aryl methyl sites for hydroxylation is 2. The van der Waals surface area contributed by atoms with E-state index in [2.05, 4.69) is 56.3 Å². The number of aromatic nitrogens is 7. The minimum absolute atomic E-state index is 0.561. The molecule has 0 atom stereocenters. The first-order valence-electron chi connectivity index (χ1n) is 9.15. The predicted octanol–water partition coefficient (Wildman–Crippen LogP) is 3.58. The average Bonchev–Trinajstić information content (AvgIpc) is 3.44. The van der Waals surface area contributed by atoms with Gasteiger partial charge in [-0.1, -0.05) is 43.0 Å². The van der Waals surface area contributed by atoms with Crippen molar-refractivity contribution in [2.45, 2.75) is 44.3 Å². The molecule has 0 radical (unpaired) electrons. The summed E-state index contributed by atoms with van der Waals surface area (Å²) in [4.78, 5) is 0. The summed E-state index contributed by atoms with van der Waals surface area (Å²) < 4.78 is 9.48. The van der Waals surface area contributed by atoms with Gasteiger partial charge >= 0.3 is 0 Å². The normalized spacial score (nSPS) is 11.2. The Morgan fingerprint density at radius 2 is 1.96 bits per heavy atom. The maximum absolute atomic E-state index is 5.56. The number of tetrazole rings is 1. The van der Waals surface area contributed by atoms with Crippen molar-refractivity contribution in [1.82, 2.24) is 35.0 Å². The molecule has 144 valence electrons. The van der Waals surface area contributed by atoms with Crippen molar-refractivity contribution in [2.24, 2.45) is 0 Å². The average molecular weight is 395 g/mol. The number of furan rings is 1. The lowest BCUT2D eigenvalue weighted by atomic mass is 10.1. The van der Waals surface area contributed by atoms with E-state index in [0.29, 0.717) is 12.3 Å². The van der Waals surface area contributed by atoms with Gasteiger partial charge in [-0.3, -0.25) is 4.57 Å². The molecule has 0 aliphatic carbocycles. The highest BCUT2D eigenvalue weighted by Gasteiger charge is 2.18. The Hall–Kier alpha value is -2.94. The van der Waals surface area contributed by atoms with Gasteiger partial charge in [0.1, 0.15) is 5.76 Å². The first-order chi connectivity index (χ1) is 13.8. The smallest absolute Gasteiger partial charge is 0.192 e. The largest absolute Gasteiger partial charge is 0.467 e. The van der Waals surface area contributed by atoms with Gasteiger partial charge in [-0.05, 0) is 41.5 Å². The van der Waals surface area contributed by atoms with Crippen molar-refractivity contribution < 1.29 is 4.42 Å². The molecule has 3 heterocycles. The third-order valence-electron chi connectivity index (χ3n) is 4.37. The van der Waals surface area contributed by atoms with Crippen LogP contribution < -0.4 is 0 Å². The molecule has 0 spiro atoms. The molecule has 4 aromatic rings. The van der Waals surface area contributed by atoms with Gasteiger partial charge < -0.3 is 4.42 Å². The van der Waals surface area contributed by atoms with Gasteiger partial charge in [0, 0.05) is 12.1 Å². The van der Waals surface area contributed by atoms with Gasteiger partial charge in [0.15, 0.2) is 16.8 Å². The molecule has 28 heavy (non-hydrogen) atoms. The molecule has 1 aromatic carbocycles. The van der Waals surface area contributed by atoms with Crippen LogP contribution in [-0.2, 0) is 18.8 Å². The molecule has 0 saturated carbocycles. The van der Waals surface area contributed by atoms with Gasteiger partial charge in [0.2, 0.25) is 0 Å². The highest BCUT2D eigenvalue weighted by molar-refractivity contribution is 7.98. The number of benzene rings is 1. The minimum Gasteiger partial charge on any atom is -0.467 e. The van der Waals surface area contributed by atoms with Crippen molar-refractivity contribution >= 4 is 11.8 Å². The lowest BCUT2D eigenvalue weighted by Crippen LogP contribution is -2.06. The van der Waals surface area contributed by atoms with E-state index in [0.717, 1.165) is 46.7 Å². The standard InChI is InChI=1S/C19H21N7OS/c1-3-10-26-17(20-23-24-26)13-28-19-22-21-18(16-9-5-4-7-14(16)2)25(19)12-15-8-6-11-27-15/h4-9,11H,3,10,12-13H2,1-2H3. The Morgan fingerprint density at radius 1 is 1.07 bits per heavy atom. The monoisotopic (exact) mass is 395 g/mol. The lowest BCUT2D eigenvalue weighted by Gasteiger charge is -2.10. The fourth-order valence-corrected chi connectivity index (χ4v) is 3.83. The second kappa shape index (κ2) is 8.39. The van der Waals surface area contributed by atoms with Gasteiger partial charge in [0.25, 0.3) is 0 Å². The van der Waals surface area contributed by atoms with Crippen LogP contribution in [0.15, 0.2) is 52.2 Å². The second-order valence-electron chi connectivity index (χ2n) is 6.39. The number of nitrogens with zero attached hydrogens (tertiary/aromatic N) is 7. The number of thioether (sulfide) groups is 1. The van der Waals surface area contributed by atoms with Crippen LogP contribution in [0.2, 0.25) is 0 Å². The van der Waals surface area contributed by atoms with Gasteiger partial charge in [0.05, 0.1) is 18.6 Å². The Bertz CT molecular complexity index is 1040. The fourth-order valence-electron chi connectivity index (χ4n) is 2.96. The van der Waals surface area contributed by atoms with Crippen LogP contribution in [0.5, 0.6) is 0 Å². The van der Waals surface area contributed by atoms with Crippen molar-refractivity contribution in [2.75, 3.05) is 0 Å². The first kappa shape index (κ1) is 18.4. The molecule has 0 unspecified atom stereocenters. The zero-order valence-electron chi connectivity index (χ0n) is 15.8. The van der Waals surface area contributed by atoms with Crippen molar-refractivity contribution in [3.05, 3.63) is 59.8 Å². The van der Waals surface area contributed by atoms with E-state index >= 15 is 0 Å². The van der Waals surface area contributed by atoms with Crippen LogP contribution in [0.25, 0.3) is 11.4 Å². The van der Waals surface area contributed by atoms with E-state index < -0.39 is 0 Å². The summed E-state index contributed by atoms with van der Waals surface area (Å²) in [6.45, 7) is 5.54. The topological polar surface area (TPSA) is 87.5 Å². The van der Waals surface area contributed by atoms with Crippen LogP contribution in [-0.4, -0.2) is 35.0 Å². The van der Waals surface area contributed by atoms with Crippen LogP contribution in [0, 0.1) is 6.92 Å². The molecule has 0 fully saturated rings. The van der Waals surface area contributed by atoms with Crippen LogP contribution in [0.3, 0.4) is 0 Å². The molecule has 8 nitrogen and oxygen atoms in total. The van der Waals surface area contributed by atoms with E-state index in [1.807, 2.05) is 28.9 Å². The summed E-state index contributed by atoms with van der Waals surface area (Å²) in [5.74, 6) is 3.13. The van der Waals surface area contributed by atoms with E-state index in [1.165, 1.54) is 0 Å².